The fraction of sp³-hybridized carbons (Fsp3) is 0.182. The van der Waals surface area contributed by atoms with Gasteiger partial charge in [-0.2, -0.15) is 0 Å². The Kier molecular flexibility index (Phi) is 5.13. The number of benzene rings is 2. The highest BCUT2D eigenvalue weighted by atomic mass is 35.5. The van der Waals surface area contributed by atoms with Gasteiger partial charge in [-0.25, -0.2) is 4.79 Å². The van der Waals surface area contributed by atoms with Crippen molar-refractivity contribution >= 4 is 23.2 Å². The number of fused-ring (bicyclic) bond motifs is 1. The Bertz CT molecular complexity index is 1170. The van der Waals surface area contributed by atoms with E-state index in [1.807, 2.05) is 0 Å². The Hall–Kier alpha value is -3.45. The van der Waals surface area contributed by atoms with Gasteiger partial charge in [0.25, 0.3) is 5.91 Å². The van der Waals surface area contributed by atoms with Crippen molar-refractivity contribution in [3.05, 3.63) is 80.9 Å². The maximum absolute atomic E-state index is 13.1. The minimum atomic E-state index is -1.05. The van der Waals surface area contributed by atoms with Crippen molar-refractivity contribution in [2.45, 2.75) is 18.9 Å². The second-order valence-corrected chi connectivity index (χ2v) is 7.30. The molecule has 1 amide bonds. The first-order valence-corrected chi connectivity index (χ1v) is 9.50. The van der Waals surface area contributed by atoms with Gasteiger partial charge in [0.15, 0.2) is 17.6 Å². The highest BCUT2D eigenvalue weighted by molar-refractivity contribution is 6.30. The lowest BCUT2D eigenvalue weighted by atomic mass is 9.88. The van der Waals surface area contributed by atoms with Crippen LogP contribution < -0.4 is 20.4 Å². The summed E-state index contributed by atoms with van der Waals surface area (Å²) in [7, 11) is 1.43. The monoisotopic (exact) mass is 427 g/mol. The molecule has 154 valence electrons. The van der Waals surface area contributed by atoms with Crippen LogP contribution in [-0.4, -0.2) is 24.2 Å². The molecule has 0 fully saturated rings. The fourth-order valence-electron chi connectivity index (χ4n) is 3.52. The van der Waals surface area contributed by atoms with E-state index in [9.17, 15) is 14.7 Å². The zero-order valence-electron chi connectivity index (χ0n) is 16.1. The minimum Gasteiger partial charge on any atom is -0.504 e. The van der Waals surface area contributed by atoms with Crippen LogP contribution in [0.4, 0.5) is 5.69 Å². The highest BCUT2D eigenvalue weighted by Crippen LogP contribution is 2.43. The van der Waals surface area contributed by atoms with Crippen molar-refractivity contribution in [2.75, 3.05) is 12.4 Å². The van der Waals surface area contributed by atoms with Crippen molar-refractivity contribution in [1.29, 1.82) is 0 Å². The summed E-state index contributed by atoms with van der Waals surface area (Å²) >= 11 is 5.89. The molecular weight excluding hydrogens is 410 g/mol. The van der Waals surface area contributed by atoms with Crippen molar-refractivity contribution in [3.63, 3.8) is 0 Å². The van der Waals surface area contributed by atoms with Gasteiger partial charge < -0.3 is 24.3 Å². The molecule has 8 heteroatoms. The number of anilines is 1. The van der Waals surface area contributed by atoms with Crippen LogP contribution in [0.3, 0.4) is 0 Å². The van der Waals surface area contributed by atoms with Crippen LogP contribution >= 0.6 is 11.6 Å². The van der Waals surface area contributed by atoms with Crippen LogP contribution in [0.5, 0.6) is 17.2 Å². The summed E-state index contributed by atoms with van der Waals surface area (Å²) in [6.07, 6.45) is -1.05. The minimum absolute atomic E-state index is 0.114. The molecule has 0 bridgehead atoms. The molecule has 3 aromatic rings. The van der Waals surface area contributed by atoms with Crippen LogP contribution in [0, 0.1) is 6.92 Å². The third kappa shape index (κ3) is 3.59. The number of aryl methyl sites for hydroxylation is 1. The number of ether oxygens (including phenoxy) is 2. The quantitative estimate of drug-likeness (QED) is 0.656. The van der Waals surface area contributed by atoms with Gasteiger partial charge >= 0.3 is 5.63 Å². The highest BCUT2D eigenvalue weighted by Gasteiger charge is 2.43. The summed E-state index contributed by atoms with van der Waals surface area (Å²) in [5, 5.41) is 13.5. The molecule has 2 aromatic carbocycles. The molecule has 30 heavy (non-hydrogen) atoms. The number of amides is 1. The van der Waals surface area contributed by atoms with E-state index in [-0.39, 0.29) is 22.8 Å². The zero-order valence-corrected chi connectivity index (χ0v) is 16.9. The number of hydrogen-bond acceptors (Lipinski definition) is 6. The number of methoxy groups -OCH3 is 1. The lowest BCUT2D eigenvalue weighted by Gasteiger charge is -2.19. The van der Waals surface area contributed by atoms with E-state index in [0.717, 1.165) is 0 Å². The summed E-state index contributed by atoms with van der Waals surface area (Å²) in [6, 6.07) is 12.9. The molecular formula is C22H18ClNO6. The first-order chi connectivity index (χ1) is 14.4. The van der Waals surface area contributed by atoms with Gasteiger partial charge in [0.2, 0.25) is 0 Å². The van der Waals surface area contributed by atoms with Gasteiger partial charge in [0.05, 0.1) is 18.6 Å². The summed E-state index contributed by atoms with van der Waals surface area (Å²) in [4.78, 5) is 25.7. The fourth-order valence-corrected chi connectivity index (χ4v) is 3.65. The first kappa shape index (κ1) is 19.8. The number of nitrogens with one attached hydrogen (secondary N) is 1. The van der Waals surface area contributed by atoms with E-state index in [2.05, 4.69) is 5.32 Å². The van der Waals surface area contributed by atoms with Crippen LogP contribution in [-0.2, 0) is 4.79 Å². The van der Waals surface area contributed by atoms with E-state index >= 15 is 0 Å². The van der Waals surface area contributed by atoms with Gasteiger partial charge in [-0.05, 0) is 48.9 Å². The maximum Gasteiger partial charge on any atom is 0.343 e. The molecule has 0 radical (unpaired) electrons. The lowest BCUT2D eigenvalue weighted by Crippen LogP contribution is -2.35. The number of carbonyl (C=O) groups excluding carboxylic acids is 1. The normalized spacial score (nSPS) is 17.2. The van der Waals surface area contributed by atoms with Crippen LogP contribution in [0.1, 0.15) is 22.8 Å². The Morgan fingerprint density at radius 2 is 1.90 bits per heavy atom. The van der Waals surface area contributed by atoms with Crippen LogP contribution in [0.25, 0.3) is 0 Å². The predicted octanol–water partition coefficient (Wildman–Crippen LogP) is 3.85. The summed E-state index contributed by atoms with van der Waals surface area (Å²) in [5.74, 6) is -0.422. The number of phenols is 1. The number of phenolic OH excluding ortho intramolecular Hbond substituents is 1. The maximum atomic E-state index is 13.1. The van der Waals surface area contributed by atoms with Gasteiger partial charge in [0, 0.05) is 16.8 Å². The molecule has 1 aliphatic rings. The van der Waals surface area contributed by atoms with Crippen molar-refractivity contribution in [1.82, 2.24) is 0 Å². The first-order valence-electron chi connectivity index (χ1n) is 9.12. The van der Waals surface area contributed by atoms with Crippen LogP contribution in [0.2, 0.25) is 5.02 Å². The molecule has 4 rings (SSSR count). The molecule has 0 unspecified atom stereocenters. The Morgan fingerprint density at radius 3 is 2.57 bits per heavy atom. The molecule has 0 saturated heterocycles. The smallest absolute Gasteiger partial charge is 0.343 e. The third-order valence-electron chi connectivity index (χ3n) is 4.87. The molecule has 2 N–H and O–H groups in total. The Morgan fingerprint density at radius 1 is 1.17 bits per heavy atom. The topological polar surface area (TPSA) is 98.0 Å². The second kappa shape index (κ2) is 7.76. The van der Waals surface area contributed by atoms with Gasteiger partial charge in [-0.3, -0.25) is 4.79 Å². The summed E-state index contributed by atoms with van der Waals surface area (Å²) in [6.45, 7) is 1.63. The van der Waals surface area contributed by atoms with Crippen molar-refractivity contribution in [3.8, 4) is 17.2 Å². The predicted molar refractivity (Wildman–Crippen MR) is 111 cm³/mol. The van der Waals surface area contributed by atoms with E-state index < -0.39 is 23.6 Å². The molecule has 1 aromatic heterocycles. The van der Waals surface area contributed by atoms with Gasteiger partial charge in [-0.1, -0.05) is 17.7 Å². The summed E-state index contributed by atoms with van der Waals surface area (Å²) < 4.78 is 16.2. The van der Waals surface area contributed by atoms with Gasteiger partial charge in [0.1, 0.15) is 11.5 Å². The molecule has 2 atom stereocenters. The van der Waals surface area contributed by atoms with Crippen LogP contribution in [0.15, 0.2) is 57.7 Å². The van der Waals surface area contributed by atoms with E-state index in [4.69, 9.17) is 25.5 Å². The Balaban J connectivity index is 1.76. The average molecular weight is 428 g/mol. The van der Waals surface area contributed by atoms with Crippen molar-refractivity contribution in [2.24, 2.45) is 0 Å². The average Bonchev–Trinajstić information content (AvgIpc) is 3.09. The third-order valence-corrected chi connectivity index (χ3v) is 5.13. The number of hydrogen-bond donors (Lipinski definition) is 2. The SMILES string of the molecule is COc1ccc([C@@H]2c3c(cc(C)oc3=O)O[C@H]2C(=O)Nc2ccc(Cl)cc2)cc1O. The number of aromatic hydroxyl groups is 1. The van der Waals surface area contributed by atoms with E-state index in [0.29, 0.717) is 22.0 Å². The molecule has 7 nitrogen and oxygen atoms in total. The second-order valence-electron chi connectivity index (χ2n) is 6.87. The number of carbonyl (C=O) groups is 1. The molecule has 0 spiro atoms. The zero-order chi connectivity index (χ0) is 21.4. The largest absolute Gasteiger partial charge is 0.504 e. The molecule has 2 heterocycles. The van der Waals surface area contributed by atoms with Gasteiger partial charge in [-0.15, -0.1) is 0 Å². The Labute approximate surface area is 176 Å². The standard InChI is InChI=1S/C22H18ClNO6/c1-11-9-17-19(22(27)29-11)18(12-3-8-16(28-2)15(25)10-12)20(30-17)21(26)24-14-6-4-13(23)5-7-14/h3-10,18,20,25H,1-2H3,(H,24,26)/t18-,20-/m1/s1. The molecule has 0 aliphatic carbocycles. The van der Waals surface area contributed by atoms with E-state index in [1.165, 1.54) is 13.2 Å². The van der Waals surface area contributed by atoms with E-state index in [1.54, 1.807) is 49.4 Å². The molecule has 1 aliphatic heterocycles. The number of halogens is 1. The lowest BCUT2D eigenvalue weighted by molar-refractivity contribution is -0.122. The number of rotatable bonds is 4. The summed E-state index contributed by atoms with van der Waals surface area (Å²) in [5.41, 5.74) is 0.677. The van der Waals surface area contributed by atoms with Crippen molar-refractivity contribution < 1.29 is 23.8 Å². The molecule has 0 saturated carbocycles.